The van der Waals surface area contributed by atoms with Crippen LogP contribution in [0.1, 0.15) is 46.5 Å². The molecule has 0 aromatic heterocycles. The number of ether oxygens (including phenoxy) is 1. The van der Waals surface area contributed by atoms with E-state index in [1.807, 2.05) is 0 Å². The zero-order valence-corrected chi connectivity index (χ0v) is 9.84. The molecule has 1 aliphatic rings. The van der Waals surface area contributed by atoms with Crippen molar-refractivity contribution in [2.75, 3.05) is 6.61 Å². The van der Waals surface area contributed by atoms with Gasteiger partial charge in [0.15, 0.2) is 0 Å². The molecule has 0 aliphatic heterocycles. The lowest BCUT2D eigenvalue weighted by Gasteiger charge is -2.15. The molecule has 1 saturated carbocycles. The number of Topliss-reactive ketones (excluding diaryl/α,β-unsaturated/α-hetero) is 1. The van der Waals surface area contributed by atoms with Gasteiger partial charge in [-0.25, -0.2) is 0 Å². The highest BCUT2D eigenvalue weighted by Gasteiger charge is 2.49. The Morgan fingerprint density at radius 1 is 1.33 bits per heavy atom. The molecule has 1 fully saturated rings. The van der Waals surface area contributed by atoms with Crippen molar-refractivity contribution in [1.29, 1.82) is 0 Å². The molecule has 15 heavy (non-hydrogen) atoms. The van der Waals surface area contributed by atoms with Crippen LogP contribution in [0.3, 0.4) is 0 Å². The van der Waals surface area contributed by atoms with E-state index < -0.39 is 0 Å². The molecule has 0 unspecified atom stereocenters. The van der Waals surface area contributed by atoms with E-state index in [4.69, 9.17) is 4.74 Å². The highest BCUT2D eigenvalue weighted by Crippen LogP contribution is 2.52. The maximum absolute atomic E-state index is 11.8. The fourth-order valence-electron chi connectivity index (χ4n) is 2.06. The molecule has 0 spiro atoms. The van der Waals surface area contributed by atoms with Crippen molar-refractivity contribution >= 4 is 11.8 Å². The van der Waals surface area contributed by atoms with Crippen LogP contribution >= 0.6 is 0 Å². The lowest BCUT2D eigenvalue weighted by molar-refractivity contribution is -0.146. The van der Waals surface area contributed by atoms with Crippen molar-refractivity contribution in [3.63, 3.8) is 0 Å². The van der Waals surface area contributed by atoms with E-state index in [0.717, 1.165) is 19.3 Å². The van der Waals surface area contributed by atoms with Gasteiger partial charge in [0.25, 0.3) is 0 Å². The van der Waals surface area contributed by atoms with Gasteiger partial charge in [-0.1, -0.05) is 13.8 Å². The first kappa shape index (κ1) is 12.2. The van der Waals surface area contributed by atoms with E-state index >= 15 is 0 Å². The molecule has 0 heterocycles. The van der Waals surface area contributed by atoms with Crippen LogP contribution in [0, 0.1) is 11.3 Å². The summed E-state index contributed by atoms with van der Waals surface area (Å²) in [5, 5.41) is 0. The highest BCUT2D eigenvalue weighted by molar-refractivity contribution is 6.00. The number of ketones is 1. The molecule has 0 aromatic rings. The number of carbonyl (C=O) groups is 2. The minimum absolute atomic E-state index is 0.0411. The van der Waals surface area contributed by atoms with Crippen LogP contribution < -0.4 is 0 Å². The van der Waals surface area contributed by atoms with E-state index in [9.17, 15) is 9.59 Å². The molecule has 0 atom stereocenters. The van der Waals surface area contributed by atoms with Crippen LogP contribution in [0.15, 0.2) is 0 Å². The van der Waals surface area contributed by atoms with Gasteiger partial charge in [0.05, 0.1) is 6.61 Å². The van der Waals surface area contributed by atoms with Gasteiger partial charge in [0.1, 0.15) is 12.2 Å². The summed E-state index contributed by atoms with van der Waals surface area (Å²) in [5.74, 6) is 0.214. The van der Waals surface area contributed by atoms with Crippen LogP contribution in [-0.2, 0) is 14.3 Å². The van der Waals surface area contributed by atoms with Gasteiger partial charge in [-0.3, -0.25) is 9.59 Å². The molecule has 0 bridgehead atoms. The van der Waals surface area contributed by atoms with E-state index in [2.05, 4.69) is 13.8 Å². The maximum atomic E-state index is 11.8. The topological polar surface area (TPSA) is 43.4 Å². The average Bonchev–Trinajstić information content (AvgIpc) is 2.84. The molecule has 86 valence electrons. The van der Waals surface area contributed by atoms with Gasteiger partial charge in [0, 0.05) is 5.41 Å². The standard InChI is InChI=1S/C12H20O3/c1-4-15-11(14)7-10(13)12(5-6-12)8-9(2)3/h9H,4-8H2,1-3H3. The zero-order valence-electron chi connectivity index (χ0n) is 9.84. The summed E-state index contributed by atoms with van der Waals surface area (Å²) in [6.07, 6.45) is 2.76. The largest absolute Gasteiger partial charge is 0.466 e. The third kappa shape index (κ3) is 3.33. The number of hydrogen-bond acceptors (Lipinski definition) is 3. The highest BCUT2D eigenvalue weighted by atomic mass is 16.5. The Balaban J connectivity index is 2.43. The van der Waals surface area contributed by atoms with E-state index in [1.54, 1.807) is 6.92 Å². The second-order valence-electron chi connectivity index (χ2n) is 4.78. The molecule has 0 aromatic carbocycles. The summed E-state index contributed by atoms with van der Waals surface area (Å²) in [4.78, 5) is 23.0. The Morgan fingerprint density at radius 2 is 1.93 bits per heavy atom. The van der Waals surface area contributed by atoms with Crippen molar-refractivity contribution in [1.82, 2.24) is 0 Å². The maximum Gasteiger partial charge on any atom is 0.313 e. The SMILES string of the molecule is CCOC(=O)CC(=O)C1(CC(C)C)CC1. The second-order valence-corrected chi connectivity index (χ2v) is 4.78. The van der Waals surface area contributed by atoms with Gasteiger partial charge < -0.3 is 4.74 Å². The van der Waals surface area contributed by atoms with Crippen LogP contribution in [0.4, 0.5) is 0 Å². The quantitative estimate of drug-likeness (QED) is 0.501. The Hall–Kier alpha value is -0.860. The van der Waals surface area contributed by atoms with Crippen LogP contribution in [0.5, 0.6) is 0 Å². The van der Waals surface area contributed by atoms with Gasteiger partial charge in [0.2, 0.25) is 0 Å². The fraction of sp³-hybridized carbons (Fsp3) is 0.833. The van der Waals surface area contributed by atoms with Crippen molar-refractivity contribution in [3.05, 3.63) is 0 Å². The summed E-state index contributed by atoms with van der Waals surface area (Å²) >= 11 is 0. The minimum atomic E-state index is -0.377. The number of esters is 1. The van der Waals surface area contributed by atoms with E-state index in [-0.39, 0.29) is 23.6 Å². The third-order valence-electron chi connectivity index (χ3n) is 2.85. The first-order valence-corrected chi connectivity index (χ1v) is 5.69. The summed E-state index contributed by atoms with van der Waals surface area (Å²) in [6, 6.07) is 0. The molecule has 1 rings (SSSR count). The van der Waals surface area contributed by atoms with E-state index in [0.29, 0.717) is 12.5 Å². The average molecular weight is 212 g/mol. The number of rotatable bonds is 6. The predicted octanol–water partition coefficient (Wildman–Crippen LogP) is 2.33. The first-order valence-electron chi connectivity index (χ1n) is 5.69. The molecule has 3 nitrogen and oxygen atoms in total. The van der Waals surface area contributed by atoms with Gasteiger partial charge in [-0.05, 0) is 32.1 Å². The fourth-order valence-corrected chi connectivity index (χ4v) is 2.06. The van der Waals surface area contributed by atoms with Crippen molar-refractivity contribution in [3.8, 4) is 0 Å². The normalized spacial score (nSPS) is 17.6. The summed E-state index contributed by atoms with van der Waals surface area (Å²) in [6.45, 7) is 6.32. The molecule has 0 N–H and O–H groups in total. The third-order valence-corrected chi connectivity index (χ3v) is 2.85. The second kappa shape index (κ2) is 4.77. The van der Waals surface area contributed by atoms with Crippen molar-refractivity contribution < 1.29 is 14.3 Å². The van der Waals surface area contributed by atoms with E-state index in [1.165, 1.54) is 0 Å². The van der Waals surface area contributed by atoms with Gasteiger partial charge >= 0.3 is 5.97 Å². The van der Waals surface area contributed by atoms with Crippen molar-refractivity contribution in [2.45, 2.75) is 46.5 Å². The number of carbonyl (C=O) groups excluding carboxylic acids is 2. The van der Waals surface area contributed by atoms with Crippen LogP contribution in [0.2, 0.25) is 0 Å². The Kier molecular flexibility index (Phi) is 3.89. The summed E-state index contributed by atoms with van der Waals surface area (Å²) in [5.41, 5.74) is -0.180. The Labute approximate surface area is 91.2 Å². The van der Waals surface area contributed by atoms with Gasteiger partial charge in [-0.2, -0.15) is 0 Å². The molecule has 3 heteroatoms. The van der Waals surface area contributed by atoms with Gasteiger partial charge in [-0.15, -0.1) is 0 Å². The van der Waals surface area contributed by atoms with Crippen LogP contribution in [0.25, 0.3) is 0 Å². The predicted molar refractivity (Wildman–Crippen MR) is 57.4 cm³/mol. The summed E-state index contributed by atoms with van der Waals surface area (Å²) in [7, 11) is 0. The first-order chi connectivity index (χ1) is 7.00. The lowest BCUT2D eigenvalue weighted by Crippen LogP contribution is -2.22. The Morgan fingerprint density at radius 3 is 2.33 bits per heavy atom. The molecule has 0 amide bonds. The zero-order chi connectivity index (χ0) is 11.5. The monoisotopic (exact) mass is 212 g/mol. The Bertz CT molecular complexity index is 252. The number of hydrogen-bond donors (Lipinski definition) is 0. The molecule has 1 aliphatic carbocycles. The molecular weight excluding hydrogens is 192 g/mol. The molecule has 0 radical (unpaired) electrons. The lowest BCUT2D eigenvalue weighted by atomic mass is 9.89. The summed E-state index contributed by atoms with van der Waals surface area (Å²) < 4.78 is 4.78. The van der Waals surface area contributed by atoms with Crippen LogP contribution in [-0.4, -0.2) is 18.4 Å². The smallest absolute Gasteiger partial charge is 0.313 e. The molecular formula is C12H20O3. The van der Waals surface area contributed by atoms with Crippen molar-refractivity contribution in [2.24, 2.45) is 11.3 Å². The molecule has 0 saturated heterocycles. The minimum Gasteiger partial charge on any atom is -0.466 e.